The van der Waals surface area contributed by atoms with Crippen LogP contribution in [-0.2, 0) is 38.1 Å². The molecule has 0 radical (unpaired) electrons. The minimum atomic E-state index is -0.330. The summed E-state index contributed by atoms with van der Waals surface area (Å²) in [5, 5.41) is 0. The van der Waals surface area contributed by atoms with Crippen LogP contribution in [0.3, 0.4) is 0 Å². The number of esters is 4. The van der Waals surface area contributed by atoms with Gasteiger partial charge in [0.25, 0.3) is 0 Å². The van der Waals surface area contributed by atoms with Gasteiger partial charge in [-0.05, 0) is 142 Å². The Balaban J connectivity index is 0.750. The Hall–Kier alpha value is -2.64. The van der Waals surface area contributed by atoms with Crippen molar-refractivity contribution in [2.24, 2.45) is 71.0 Å². The molecule has 0 heterocycles. The highest BCUT2D eigenvalue weighted by Gasteiger charge is 2.57. The predicted octanol–water partition coefficient (Wildman–Crippen LogP) is 7.64. The maximum absolute atomic E-state index is 12.5. The Morgan fingerprint density at radius 2 is 1.00 bits per heavy atom. The molecule has 0 aromatic carbocycles. The number of carbonyl (C=O) groups is 4. The van der Waals surface area contributed by atoms with Crippen LogP contribution in [0.2, 0.25) is 0 Å². The minimum absolute atomic E-state index is 0.0647. The molecule has 0 N–H and O–H groups in total. The molecular formula is C41H60O8. The lowest BCUT2D eigenvalue weighted by atomic mass is 9.76. The van der Waals surface area contributed by atoms with E-state index < -0.39 is 0 Å². The number of hydrogen-bond acceptors (Lipinski definition) is 8. The van der Waals surface area contributed by atoms with E-state index >= 15 is 0 Å². The van der Waals surface area contributed by atoms with E-state index in [0.717, 1.165) is 87.9 Å². The second-order valence-electron chi connectivity index (χ2n) is 16.8. The Kier molecular flexibility index (Phi) is 12.2. The third kappa shape index (κ3) is 8.81. The van der Waals surface area contributed by atoms with Crippen molar-refractivity contribution >= 4 is 23.9 Å². The summed E-state index contributed by atoms with van der Waals surface area (Å²) in [5.41, 5.74) is 0.463. The van der Waals surface area contributed by atoms with Crippen molar-refractivity contribution in [1.82, 2.24) is 0 Å². The van der Waals surface area contributed by atoms with Gasteiger partial charge in [-0.1, -0.05) is 38.8 Å². The van der Waals surface area contributed by atoms with Gasteiger partial charge in [-0.2, -0.15) is 0 Å². The van der Waals surface area contributed by atoms with Gasteiger partial charge in [0, 0.05) is 24.5 Å². The number of unbranched alkanes of at least 4 members (excludes halogenated alkanes) is 5. The van der Waals surface area contributed by atoms with Crippen molar-refractivity contribution in [3.63, 3.8) is 0 Å². The first kappa shape index (κ1) is 36.2. The van der Waals surface area contributed by atoms with E-state index in [0.29, 0.717) is 92.2 Å². The largest absolute Gasteiger partial charge is 0.465 e. The zero-order valence-electron chi connectivity index (χ0n) is 29.8. The summed E-state index contributed by atoms with van der Waals surface area (Å²) in [6, 6.07) is 0. The minimum Gasteiger partial charge on any atom is -0.465 e. The maximum atomic E-state index is 12.5. The van der Waals surface area contributed by atoms with Crippen LogP contribution in [0.15, 0.2) is 24.8 Å². The third-order valence-corrected chi connectivity index (χ3v) is 13.8. The van der Waals surface area contributed by atoms with E-state index in [-0.39, 0.29) is 23.9 Å². The Morgan fingerprint density at radius 1 is 0.551 bits per heavy atom. The van der Waals surface area contributed by atoms with Crippen LogP contribution in [0, 0.1) is 71.0 Å². The predicted molar refractivity (Wildman–Crippen MR) is 185 cm³/mol. The lowest BCUT2D eigenvalue weighted by molar-refractivity contribution is -0.146. The normalized spacial score (nSPS) is 36.3. The molecule has 0 amide bonds. The fourth-order valence-corrected chi connectivity index (χ4v) is 11.7. The first-order valence-electron chi connectivity index (χ1n) is 19.6. The molecule has 12 atom stereocenters. The summed E-state index contributed by atoms with van der Waals surface area (Å²) in [5.74, 6) is 6.82. The van der Waals surface area contributed by atoms with Gasteiger partial charge in [0.05, 0.1) is 26.4 Å². The third-order valence-electron chi connectivity index (χ3n) is 13.8. The van der Waals surface area contributed by atoms with Crippen LogP contribution >= 0.6 is 0 Å². The van der Waals surface area contributed by atoms with E-state index in [1.165, 1.54) is 31.8 Å². The standard InChI is InChI=1S/C41H60O8/c1-4-38(42)46-21-26-13-32-28-17-30(34(19-28)36(32)15-26)23-48-40(44)12-10-8-6-5-7-9-11-39(43)47-22-27-14-33-29-18-31(24-49-41(45)25(2)3)35(20-29)37(33)16-27/h4,26-37H,1-2,5-24H2,3H3. The summed E-state index contributed by atoms with van der Waals surface area (Å²) in [4.78, 5) is 48.2. The summed E-state index contributed by atoms with van der Waals surface area (Å²) < 4.78 is 22.3. The highest BCUT2D eigenvalue weighted by atomic mass is 16.5. The average Bonchev–Trinajstić information content (AvgIpc) is 3.93. The van der Waals surface area contributed by atoms with Crippen molar-refractivity contribution in [2.75, 3.05) is 26.4 Å². The smallest absolute Gasteiger partial charge is 0.333 e. The van der Waals surface area contributed by atoms with E-state index in [4.69, 9.17) is 18.9 Å². The van der Waals surface area contributed by atoms with Gasteiger partial charge in [0.15, 0.2) is 0 Å². The van der Waals surface area contributed by atoms with E-state index in [2.05, 4.69) is 13.2 Å². The summed E-state index contributed by atoms with van der Waals surface area (Å²) in [6.45, 7) is 11.0. The zero-order chi connectivity index (χ0) is 34.5. The van der Waals surface area contributed by atoms with E-state index in [9.17, 15) is 19.2 Å². The maximum Gasteiger partial charge on any atom is 0.333 e. The first-order valence-corrected chi connectivity index (χ1v) is 19.6. The lowest BCUT2D eigenvalue weighted by Gasteiger charge is -2.31. The van der Waals surface area contributed by atoms with Gasteiger partial charge in [0.1, 0.15) is 0 Å². The van der Waals surface area contributed by atoms with Crippen LogP contribution in [0.5, 0.6) is 0 Å². The van der Waals surface area contributed by atoms with Crippen LogP contribution in [0.25, 0.3) is 0 Å². The highest BCUT2D eigenvalue weighted by Crippen LogP contribution is 2.63. The molecule has 0 aromatic heterocycles. The average molecular weight is 681 g/mol. The summed E-state index contributed by atoms with van der Waals surface area (Å²) in [6.07, 6.45) is 17.6. The molecule has 6 aliphatic rings. The van der Waals surface area contributed by atoms with E-state index in [1.807, 2.05) is 0 Å². The molecule has 0 aromatic rings. The quantitative estimate of drug-likeness (QED) is 0.0594. The molecule has 272 valence electrons. The van der Waals surface area contributed by atoms with Crippen molar-refractivity contribution in [2.45, 2.75) is 110 Å². The zero-order valence-corrected chi connectivity index (χ0v) is 29.8. The topological polar surface area (TPSA) is 105 Å². The van der Waals surface area contributed by atoms with Crippen LogP contribution in [0.1, 0.15) is 110 Å². The van der Waals surface area contributed by atoms with Gasteiger partial charge in [0.2, 0.25) is 0 Å². The second-order valence-corrected chi connectivity index (χ2v) is 16.8. The highest BCUT2D eigenvalue weighted by molar-refractivity contribution is 5.86. The van der Waals surface area contributed by atoms with Gasteiger partial charge in [-0.25, -0.2) is 9.59 Å². The molecule has 4 bridgehead atoms. The molecule has 6 rings (SSSR count). The molecule has 0 spiro atoms. The fraction of sp³-hybridized carbons (Fsp3) is 0.805. The molecular weight excluding hydrogens is 620 g/mol. The number of hydrogen-bond donors (Lipinski definition) is 0. The molecule has 6 fully saturated rings. The molecule has 6 saturated carbocycles. The molecule has 49 heavy (non-hydrogen) atoms. The van der Waals surface area contributed by atoms with Crippen LogP contribution in [0.4, 0.5) is 0 Å². The van der Waals surface area contributed by atoms with Crippen molar-refractivity contribution < 1.29 is 38.1 Å². The Morgan fingerprint density at radius 3 is 1.51 bits per heavy atom. The van der Waals surface area contributed by atoms with Crippen LogP contribution < -0.4 is 0 Å². The first-order chi connectivity index (χ1) is 23.7. The number of fused-ring (bicyclic) bond motifs is 10. The molecule has 8 nitrogen and oxygen atoms in total. The monoisotopic (exact) mass is 680 g/mol. The second kappa shape index (κ2) is 16.6. The molecule has 0 saturated heterocycles. The van der Waals surface area contributed by atoms with Gasteiger partial charge in [-0.15, -0.1) is 0 Å². The fourth-order valence-electron chi connectivity index (χ4n) is 11.7. The molecule has 12 unspecified atom stereocenters. The van der Waals surface area contributed by atoms with Crippen molar-refractivity contribution in [1.29, 1.82) is 0 Å². The SMILES string of the molecule is C=CC(=O)OCC1CC2C3CC(COC(=O)CCCCCCCCC(=O)OCC4CC5C6CC(COC(=O)C(=C)C)C(C6)C5C4)C(C3)C2C1. The summed E-state index contributed by atoms with van der Waals surface area (Å²) in [7, 11) is 0. The number of ether oxygens (including phenoxy) is 4. The van der Waals surface area contributed by atoms with Crippen molar-refractivity contribution in [3.05, 3.63) is 24.8 Å². The number of rotatable bonds is 19. The molecule has 0 aliphatic heterocycles. The van der Waals surface area contributed by atoms with Gasteiger partial charge in [-0.3, -0.25) is 9.59 Å². The molecule has 8 heteroatoms. The lowest BCUT2D eigenvalue weighted by Crippen LogP contribution is -2.28. The van der Waals surface area contributed by atoms with E-state index in [1.54, 1.807) is 6.92 Å². The van der Waals surface area contributed by atoms with Gasteiger partial charge < -0.3 is 18.9 Å². The summed E-state index contributed by atoms with van der Waals surface area (Å²) >= 11 is 0. The number of carbonyl (C=O) groups excluding carboxylic acids is 4. The molecule has 6 aliphatic carbocycles. The Bertz CT molecular complexity index is 1230. The van der Waals surface area contributed by atoms with Crippen molar-refractivity contribution in [3.8, 4) is 0 Å². The van der Waals surface area contributed by atoms with Crippen LogP contribution in [-0.4, -0.2) is 50.3 Å². The van der Waals surface area contributed by atoms with Gasteiger partial charge >= 0.3 is 23.9 Å². The Labute approximate surface area is 293 Å².